The van der Waals surface area contributed by atoms with Gasteiger partial charge in [-0.1, -0.05) is 23.7 Å². The fourth-order valence-corrected chi connectivity index (χ4v) is 2.42. The summed E-state index contributed by atoms with van der Waals surface area (Å²) < 4.78 is 18.7. The minimum Gasteiger partial charge on any atom is -0.492 e. The van der Waals surface area contributed by atoms with Gasteiger partial charge in [-0.15, -0.1) is 0 Å². The van der Waals surface area contributed by atoms with Crippen LogP contribution in [0.15, 0.2) is 42.5 Å². The van der Waals surface area contributed by atoms with Crippen molar-refractivity contribution in [2.45, 2.75) is 13.8 Å². The number of carbonyl (C=O) groups is 2. The van der Waals surface area contributed by atoms with E-state index < -0.39 is 11.7 Å². The maximum absolute atomic E-state index is 13.2. The first kappa shape index (κ1) is 18.7. The van der Waals surface area contributed by atoms with Crippen LogP contribution in [0.5, 0.6) is 5.75 Å². The van der Waals surface area contributed by atoms with Crippen LogP contribution in [-0.4, -0.2) is 25.0 Å². The molecule has 1 N–H and O–H groups in total. The van der Waals surface area contributed by atoms with E-state index in [-0.39, 0.29) is 17.5 Å². The third kappa shape index (κ3) is 4.93. The van der Waals surface area contributed by atoms with Gasteiger partial charge in [0.05, 0.1) is 17.3 Å². The second kappa shape index (κ2) is 8.48. The zero-order valence-corrected chi connectivity index (χ0v) is 14.6. The summed E-state index contributed by atoms with van der Waals surface area (Å²) in [6.07, 6.45) is 0. The van der Waals surface area contributed by atoms with Crippen molar-refractivity contribution in [3.05, 3.63) is 53.3 Å². The van der Waals surface area contributed by atoms with Gasteiger partial charge >= 0.3 is 0 Å². The second-order valence-electron chi connectivity index (χ2n) is 5.18. The van der Waals surface area contributed by atoms with Crippen LogP contribution in [0.2, 0.25) is 5.02 Å². The van der Waals surface area contributed by atoms with Crippen LogP contribution in [0.25, 0.3) is 0 Å². The minimum absolute atomic E-state index is 0.0945. The molecule has 0 heterocycles. The van der Waals surface area contributed by atoms with Gasteiger partial charge in [0.15, 0.2) is 0 Å². The fourth-order valence-electron chi connectivity index (χ4n) is 2.24. The number of anilines is 2. The average molecular weight is 365 g/mol. The number of carbonyl (C=O) groups excluding carboxylic acids is 2. The van der Waals surface area contributed by atoms with Crippen molar-refractivity contribution in [1.29, 1.82) is 0 Å². The molecule has 2 aromatic rings. The van der Waals surface area contributed by atoms with Gasteiger partial charge in [-0.2, -0.15) is 0 Å². The normalized spacial score (nSPS) is 10.2. The topological polar surface area (TPSA) is 58.6 Å². The van der Waals surface area contributed by atoms with E-state index in [4.69, 9.17) is 16.3 Å². The number of halogens is 2. The molecule has 0 saturated heterocycles. The van der Waals surface area contributed by atoms with Crippen LogP contribution in [0, 0.1) is 5.82 Å². The van der Waals surface area contributed by atoms with E-state index >= 15 is 0 Å². The Kier molecular flexibility index (Phi) is 6.36. The zero-order chi connectivity index (χ0) is 18.4. The van der Waals surface area contributed by atoms with Gasteiger partial charge < -0.3 is 10.1 Å². The van der Waals surface area contributed by atoms with E-state index in [0.717, 1.165) is 6.07 Å². The van der Waals surface area contributed by atoms with E-state index in [9.17, 15) is 14.0 Å². The molecule has 0 aliphatic rings. The van der Waals surface area contributed by atoms with Gasteiger partial charge in [-0.05, 0) is 37.3 Å². The first-order chi connectivity index (χ1) is 11.9. The summed E-state index contributed by atoms with van der Waals surface area (Å²) in [7, 11) is 0. The lowest BCUT2D eigenvalue weighted by Crippen LogP contribution is -2.37. The Labute approximate surface area is 150 Å². The third-order valence-corrected chi connectivity index (χ3v) is 3.63. The Morgan fingerprint density at radius 3 is 2.60 bits per heavy atom. The van der Waals surface area contributed by atoms with Crippen molar-refractivity contribution < 1.29 is 18.7 Å². The van der Waals surface area contributed by atoms with Crippen LogP contribution in [0.3, 0.4) is 0 Å². The number of amides is 2. The minimum atomic E-state index is -0.573. The molecule has 5 nitrogen and oxygen atoms in total. The lowest BCUT2D eigenvalue weighted by molar-refractivity contribution is -0.120. The monoisotopic (exact) mass is 364 g/mol. The van der Waals surface area contributed by atoms with Crippen molar-refractivity contribution in [2.75, 3.05) is 23.4 Å². The molecular weight excluding hydrogens is 347 g/mol. The van der Waals surface area contributed by atoms with Gasteiger partial charge in [-0.25, -0.2) is 4.39 Å². The Morgan fingerprint density at radius 1 is 1.24 bits per heavy atom. The van der Waals surface area contributed by atoms with Crippen LogP contribution in [0.1, 0.15) is 13.8 Å². The van der Waals surface area contributed by atoms with Crippen molar-refractivity contribution >= 4 is 34.8 Å². The molecule has 0 unspecified atom stereocenters. The van der Waals surface area contributed by atoms with Crippen molar-refractivity contribution in [2.24, 2.45) is 0 Å². The first-order valence-electron chi connectivity index (χ1n) is 7.67. The molecule has 2 amide bonds. The van der Waals surface area contributed by atoms with Crippen molar-refractivity contribution in [3.63, 3.8) is 0 Å². The Morgan fingerprint density at radius 2 is 1.96 bits per heavy atom. The average Bonchev–Trinajstić information content (AvgIpc) is 2.57. The van der Waals surface area contributed by atoms with Gasteiger partial charge in [0.1, 0.15) is 18.1 Å². The Bertz CT molecular complexity index is 783. The molecule has 0 aromatic heterocycles. The van der Waals surface area contributed by atoms with Gasteiger partial charge in [0, 0.05) is 12.6 Å². The summed E-state index contributed by atoms with van der Waals surface area (Å²) in [5, 5.41) is 2.50. The number of hydrogen-bond acceptors (Lipinski definition) is 3. The SMILES string of the molecule is CCOc1ccccc1N(CC(=O)Nc1ccc(F)c(Cl)c1)C(C)=O. The lowest BCUT2D eigenvalue weighted by Gasteiger charge is -2.23. The summed E-state index contributed by atoms with van der Waals surface area (Å²) in [5.41, 5.74) is 0.849. The highest BCUT2D eigenvalue weighted by molar-refractivity contribution is 6.31. The summed E-state index contributed by atoms with van der Waals surface area (Å²) >= 11 is 5.70. The van der Waals surface area contributed by atoms with E-state index in [1.54, 1.807) is 24.3 Å². The summed E-state index contributed by atoms with van der Waals surface area (Å²) in [4.78, 5) is 25.6. The number of hydrogen-bond donors (Lipinski definition) is 1. The Hall–Kier alpha value is -2.60. The largest absolute Gasteiger partial charge is 0.492 e. The highest BCUT2D eigenvalue weighted by Gasteiger charge is 2.19. The molecule has 0 saturated carbocycles. The van der Waals surface area contributed by atoms with Crippen LogP contribution < -0.4 is 15.0 Å². The van der Waals surface area contributed by atoms with Crippen molar-refractivity contribution in [1.82, 2.24) is 0 Å². The van der Waals surface area contributed by atoms with Crippen molar-refractivity contribution in [3.8, 4) is 5.75 Å². The Balaban J connectivity index is 2.17. The highest BCUT2D eigenvalue weighted by Crippen LogP contribution is 2.28. The molecule has 0 aliphatic carbocycles. The molecule has 132 valence electrons. The molecule has 0 spiro atoms. The van der Waals surface area contributed by atoms with Crippen LogP contribution >= 0.6 is 11.6 Å². The number of benzene rings is 2. The highest BCUT2D eigenvalue weighted by atomic mass is 35.5. The van der Waals surface area contributed by atoms with E-state index in [2.05, 4.69) is 5.32 Å². The second-order valence-corrected chi connectivity index (χ2v) is 5.59. The van der Waals surface area contributed by atoms with E-state index in [0.29, 0.717) is 23.7 Å². The summed E-state index contributed by atoms with van der Waals surface area (Å²) in [6, 6.07) is 10.8. The van der Waals surface area contributed by atoms with Crippen LogP contribution in [-0.2, 0) is 9.59 Å². The number of ether oxygens (including phenoxy) is 1. The number of rotatable bonds is 6. The van der Waals surface area contributed by atoms with E-state index in [1.807, 2.05) is 6.92 Å². The third-order valence-electron chi connectivity index (χ3n) is 3.34. The lowest BCUT2D eigenvalue weighted by atomic mass is 10.2. The molecule has 0 aliphatic heterocycles. The molecule has 2 rings (SSSR count). The number of nitrogens with one attached hydrogen (secondary N) is 1. The zero-order valence-electron chi connectivity index (χ0n) is 13.9. The van der Waals surface area contributed by atoms with Crippen LogP contribution in [0.4, 0.5) is 15.8 Å². The molecule has 25 heavy (non-hydrogen) atoms. The fraction of sp³-hybridized carbons (Fsp3) is 0.222. The smallest absolute Gasteiger partial charge is 0.244 e. The van der Waals surface area contributed by atoms with E-state index in [1.165, 1.54) is 24.0 Å². The standard InChI is InChI=1S/C18H18ClFN2O3/c1-3-25-17-7-5-4-6-16(17)22(12(2)23)11-18(24)21-13-8-9-15(20)14(19)10-13/h4-10H,3,11H2,1-2H3,(H,21,24). The quantitative estimate of drug-likeness (QED) is 0.846. The molecule has 2 aromatic carbocycles. The van der Waals surface area contributed by atoms with Gasteiger partial charge in [0.2, 0.25) is 11.8 Å². The molecule has 0 fully saturated rings. The predicted octanol–water partition coefficient (Wildman–Crippen LogP) is 3.87. The maximum atomic E-state index is 13.2. The molecule has 0 bridgehead atoms. The predicted molar refractivity (Wildman–Crippen MR) is 95.7 cm³/mol. The number of para-hydroxylation sites is 2. The summed E-state index contributed by atoms with van der Waals surface area (Å²) in [5.74, 6) is -0.808. The molecule has 7 heteroatoms. The van der Waals surface area contributed by atoms with Gasteiger partial charge in [0.25, 0.3) is 0 Å². The number of nitrogens with zero attached hydrogens (tertiary/aromatic N) is 1. The first-order valence-corrected chi connectivity index (χ1v) is 8.05. The molecule has 0 atom stereocenters. The summed E-state index contributed by atoms with van der Waals surface area (Å²) in [6.45, 7) is 3.42. The maximum Gasteiger partial charge on any atom is 0.244 e. The molecular formula is C18H18ClFN2O3. The van der Waals surface area contributed by atoms with Gasteiger partial charge in [-0.3, -0.25) is 14.5 Å². The molecule has 0 radical (unpaired) electrons.